The monoisotopic (exact) mass is 437 g/mol. The second kappa shape index (κ2) is 7.07. The van der Waals surface area contributed by atoms with Gasteiger partial charge < -0.3 is 10.6 Å². The normalized spacial score (nSPS) is 19.2. The van der Waals surface area contributed by atoms with Crippen molar-refractivity contribution in [2.24, 2.45) is 0 Å². The Labute approximate surface area is 161 Å². The number of amides is 4. The Morgan fingerprint density at radius 1 is 1.22 bits per heavy atom. The van der Waals surface area contributed by atoms with Crippen LogP contribution in [-0.4, -0.2) is 29.3 Å². The van der Waals surface area contributed by atoms with Gasteiger partial charge in [0.05, 0.1) is 5.69 Å². The summed E-state index contributed by atoms with van der Waals surface area (Å²) in [4.78, 5) is 37.9. The molecule has 0 spiro atoms. The minimum Gasteiger partial charge on any atom is -0.322 e. The molecule has 2 aromatic carbocycles. The summed E-state index contributed by atoms with van der Waals surface area (Å²) in [6.45, 7) is 0.928. The number of hydrogen-bond donors (Lipinski definition) is 2. The van der Waals surface area contributed by atoms with Gasteiger partial charge in [-0.2, -0.15) is 0 Å². The highest BCUT2D eigenvalue weighted by molar-refractivity contribution is 9.10. The van der Waals surface area contributed by atoms with Crippen LogP contribution in [0.3, 0.4) is 0 Å². The van der Waals surface area contributed by atoms with Gasteiger partial charge in [-0.05, 0) is 36.8 Å². The molecular weight excluding hydrogens is 424 g/mol. The third-order valence-electron chi connectivity index (χ3n) is 4.18. The number of nitrogens with zero attached hydrogens (tertiary/aromatic N) is 1. The van der Waals surface area contributed by atoms with E-state index in [2.05, 4.69) is 26.6 Å². The van der Waals surface area contributed by atoms with Crippen LogP contribution in [0.1, 0.15) is 12.5 Å². The predicted molar refractivity (Wildman–Crippen MR) is 96.7 cm³/mol. The molecule has 1 saturated heterocycles. The van der Waals surface area contributed by atoms with Gasteiger partial charge in [0, 0.05) is 10.5 Å². The van der Waals surface area contributed by atoms with Crippen LogP contribution in [0.4, 0.5) is 19.3 Å². The molecule has 1 heterocycles. The first-order valence-corrected chi connectivity index (χ1v) is 8.65. The minimum absolute atomic E-state index is 0.247. The van der Waals surface area contributed by atoms with Gasteiger partial charge in [-0.25, -0.2) is 13.6 Å². The Balaban J connectivity index is 1.76. The van der Waals surface area contributed by atoms with Crippen LogP contribution in [0.2, 0.25) is 0 Å². The Morgan fingerprint density at radius 2 is 1.96 bits per heavy atom. The van der Waals surface area contributed by atoms with Crippen molar-refractivity contribution in [1.29, 1.82) is 0 Å². The highest BCUT2D eigenvalue weighted by atomic mass is 79.9. The van der Waals surface area contributed by atoms with E-state index in [4.69, 9.17) is 0 Å². The van der Waals surface area contributed by atoms with E-state index < -0.39 is 41.6 Å². The van der Waals surface area contributed by atoms with E-state index >= 15 is 0 Å². The van der Waals surface area contributed by atoms with Crippen molar-refractivity contribution in [3.8, 4) is 0 Å². The molecule has 0 aromatic heterocycles. The van der Waals surface area contributed by atoms with Crippen LogP contribution in [-0.2, 0) is 15.1 Å². The number of rotatable bonds is 4. The van der Waals surface area contributed by atoms with Crippen LogP contribution in [0.25, 0.3) is 0 Å². The number of imide groups is 1. The summed E-state index contributed by atoms with van der Waals surface area (Å²) in [6, 6.07) is 8.78. The molecule has 1 atom stereocenters. The summed E-state index contributed by atoms with van der Waals surface area (Å²) in [7, 11) is 0. The fraction of sp³-hybridized carbons (Fsp3) is 0.167. The first-order chi connectivity index (χ1) is 12.7. The SMILES string of the molecule is C[C@@]1(c2cccc(Br)c2)NC(=O)N(CC(=O)Nc2ccc(F)cc2F)C1=O. The molecular formula is C18H14BrF2N3O3. The summed E-state index contributed by atoms with van der Waals surface area (Å²) in [6.07, 6.45) is 0. The van der Waals surface area contributed by atoms with Gasteiger partial charge in [0.2, 0.25) is 5.91 Å². The summed E-state index contributed by atoms with van der Waals surface area (Å²) in [5.41, 5.74) is -1.03. The molecule has 4 amide bonds. The summed E-state index contributed by atoms with van der Waals surface area (Å²) >= 11 is 3.31. The standard InChI is InChI=1S/C18H14BrF2N3O3/c1-18(10-3-2-4-11(19)7-10)16(26)24(17(27)23-18)9-15(25)22-14-6-5-12(20)8-13(14)21/h2-8H,9H2,1H3,(H,22,25)(H,23,27)/t18-/m0/s1. The zero-order chi connectivity index (χ0) is 19.8. The van der Waals surface area contributed by atoms with E-state index in [1.54, 1.807) is 24.3 Å². The van der Waals surface area contributed by atoms with E-state index in [0.717, 1.165) is 21.5 Å². The first-order valence-electron chi connectivity index (χ1n) is 7.86. The Morgan fingerprint density at radius 3 is 2.63 bits per heavy atom. The van der Waals surface area contributed by atoms with Crippen molar-refractivity contribution in [3.63, 3.8) is 0 Å². The van der Waals surface area contributed by atoms with Crippen LogP contribution in [0.5, 0.6) is 0 Å². The maximum atomic E-state index is 13.6. The van der Waals surface area contributed by atoms with E-state index in [9.17, 15) is 23.2 Å². The summed E-state index contributed by atoms with van der Waals surface area (Å²) < 4.78 is 27.3. The Kier molecular flexibility index (Phi) is 4.97. The quantitative estimate of drug-likeness (QED) is 0.721. The van der Waals surface area contributed by atoms with Gasteiger partial charge in [-0.1, -0.05) is 28.1 Å². The Hall–Kier alpha value is -2.81. The number of halogens is 3. The zero-order valence-electron chi connectivity index (χ0n) is 14.1. The van der Waals surface area contributed by atoms with Gasteiger partial charge in [0.25, 0.3) is 5.91 Å². The maximum Gasteiger partial charge on any atom is 0.325 e. The van der Waals surface area contributed by atoms with Crippen LogP contribution >= 0.6 is 15.9 Å². The molecule has 6 nitrogen and oxygen atoms in total. The molecule has 0 saturated carbocycles. The maximum absolute atomic E-state index is 13.6. The number of hydrogen-bond acceptors (Lipinski definition) is 3. The van der Waals surface area contributed by atoms with Gasteiger partial charge in [0.1, 0.15) is 23.7 Å². The molecule has 2 N–H and O–H groups in total. The number of anilines is 1. The molecule has 140 valence electrons. The van der Waals surface area contributed by atoms with Crippen molar-refractivity contribution in [2.75, 3.05) is 11.9 Å². The van der Waals surface area contributed by atoms with Crippen molar-refractivity contribution in [2.45, 2.75) is 12.5 Å². The van der Waals surface area contributed by atoms with Crippen molar-refractivity contribution < 1.29 is 23.2 Å². The summed E-state index contributed by atoms with van der Waals surface area (Å²) in [5, 5.41) is 4.79. The molecule has 27 heavy (non-hydrogen) atoms. The third-order valence-corrected chi connectivity index (χ3v) is 4.68. The highest BCUT2D eigenvalue weighted by Crippen LogP contribution is 2.30. The number of urea groups is 1. The lowest BCUT2D eigenvalue weighted by molar-refractivity contribution is -0.133. The minimum atomic E-state index is -1.33. The van der Waals surface area contributed by atoms with Gasteiger partial charge in [-0.3, -0.25) is 14.5 Å². The topological polar surface area (TPSA) is 78.5 Å². The smallest absolute Gasteiger partial charge is 0.322 e. The molecule has 1 aliphatic heterocycles. The third kappa shape index (κ3) is 3.68. The Bertz CT molecular complexity index is 953. The largest absolute Gasteiger partial charge is 0.325 e. The molecule has 2 aromatic rings. The van der Waals surface area contributed by atoms with Crippen molar-refractivity contribution in [1.82, 2.24) is 10.2 Å². The predicted octanol–water partition coefficient (Wildman–Crippen LogP) is 3.13. The molecule has 1 aliphatic rings. The second-order valence-corrected chi connectivity index (χ2v) is 7.04. The lowest BCUT2D eigenvalue weighted by Crippen LogP contribution is -2.42. The highest BCUT2D eigenvalue weighted by Gasteiger charge is 2.49. The zero-order valence-corrected chi connectivity index (χ0v) is 15.6. The second-order valence-electron chi connectivity index (χ2n) is 6.13. The molecule has 3 rings (SSSR count). The average molecular weight is 438 g/mol. The van der Waals surface area contributed by atoms with Gasteiger partial charge in [-0.15, -0.1) is 0 Å². The van der Waals surface area contributed by atoms with Crippen molar-refractivity contribution >= 4 is 39.5 Å². The molecule has 0 bridgehead atoms. The first kappa shape index (κ1) is 19.0. The number of carbonyl (C=O) groups excluding carboxylic acids is 3. The van der Waals surface area contributed by atoms with E-state index in [0.29, 0.717) is 11.6 Å². The van der Waals surface area contributed by atoms with E-state index in [1.807, 2.05) is 0 Å². The molecule has 0 radical (unpaired) electrons. The van der Waals surface area contributed by atoms with Crippen molar-refractivity contribution in [3.05, 3.63) is 64.1 Å². The van der Waals surface area contributed by atoms with Gasteiger partial charge in [0.15, 0.2) is 0 Å². The lowest BCUT2D eigenvalue weighted by atomic mass is 9.92. The van der Waals surface area contributed by atoms with E-state index in [1.165, 1.54) is 6.92 Å². The molecule has 1 fully saturated rings. The fourth-order valence-corrected chi connectivity index (χ4v) is 3.16. The fourth-order valence-electron chi connectivity index (χ4n) is 2.76. The van der Waals surface area contributed by atoms with E-state index in [-0.39, 0.29) is 5.69 Å². The van der Waals surface area contributed by atoms with Crippen LogP contribution in [0, 0.1) is 11.6 Å². The van der Waals surface area contributed by atoms with Gasteiger partial charge >= 0.3 is 6.03 Å². The lowest BCUT2D eigenvalue weighted by Gasteiger charge is -2.22. The number of benzene rings is 2. The number of carbonyl (C=O) groups is 3. The number of nitrogens with one attached hydrogen (secondary N) is 2. The molecule has 9 heteroatoms. The van der Waals surface area contributed by atoms with Crippen LogP contribution < -0.4 is 10.6 Å². The average Bonchev–Trinajstić information content (AvgIpc) is 2.82. The molecule has 0 unspecified atom stereocenters. The summed E-state index contributed by atoms with van der Waals surface area (Å²) in [5.74, 6) is -3.15. The van der Waals surface area contributed by atoms with Crippen LogP contribution in [0.15, 0.2) is 46.9 Å². The molecule has 0 aliphatic carbocycles.